The number of carbonyl (C=O) groups is 1. The van der Waals surface area contributed by atoms with E-state index in [1.54, 1.807) is 4.90 Å². The molecule has 0 spiro atoms. The van der Waals surface area contributed by atoms with E-state index in [-0.39, 0.29) is 11.3 Å². The third kappa shape index (κ3) is 2.01. The van der Waals surface area contributed by atoms with Crippen molar-refractivity contribution >= 4 is 5.91 Å². The van der Waals surface area contributed by atoms with Crippen LogP contribution >= 0.6 is 0 Å². The van der Waals surface area contributed by atoms with E-state index in [0.717, 1.165) is 6.42 Å². The second-order valence-electron chi connectivity index (χ2n) is 4.70. The average molecular weight is 215 g/mol. The minimum absolute atomic E-state index is 0.0698. The second kappa shape index (κ2) is 4.12. The van der Waals surface area contributed by atoms with Gasteiger partial charge in [-0.3, -0.25) is 4.79 Å². The summed E-state index contributed by atoms with van der Waals surface area (Å²) in [4.78, 5) is 13.6. The van der Waals surface area contributed by atoms with Gasteiger partial charge >= 0.3 is 0 Å². The molecule has 1 heterocycles. The molecule has 2 nitrogen and oxygen atoms in total. The molecule has 1 atom stereocenters. The molecule has 0 radical (unpaired) electrons. The number of benzene rings is 1. The summed E-state index contributed by atoms with van der Waals surface area (Å²) in [6.07, 6.45) is 5.43. The van der Waals surface area contributed by atoms with Gasteiger partial charge in [0.05, 0.1) is 0 Å². The predicted octanol–water partition coefficient (Wildman–Crippen LogP) is 2.71. The number of carbonyl (C=O) groups excluding carboxylic acids is 1. The Morgan fingerprint density at radius 1 is 1.25 bits per heavy atom. The maximum atomic E-state index is 11.9. The van der Waals surface area contributed by atoms with Crippen LogP contribution in [0, 0.1) is 0 Å². The maximum absolute atomic E-state index is 11.9. The molecule has 1 unspecified atom stereocenters. The zero-order valence-corrected chi connectivity index (χ0v) is 9.81. The third-order valence-corrected chi connectivity index (χ3v) is 3.30. The van der Waals surface area contributed by atoms with Gasteiger partial charge in [-0.25, -0.2) is 0 Å². The molecule has 2 rings (SSSR count). The molecule has 1 aliphatic rings. The average Bonchev–Trinajstić information content (AvgIpc) is 2.41. The molecule has 0 aliphatic carbocycles. The summed E-state index contributed by atoms with van der Waals surface area (Å²) >= 11 is 0. The number of hydrogen-bond acceptors (Lipinski definition) is 1. The molecule has 0 aromatic heterocycles. The van der Waals surface area contributed by atoms with Crippen LogP contribution in [0.1, 0.15) is 25.3 Å². The maximum Gasteiger partial charge on any atom is 0.227 e. The highest BCUT2D eigenvalue weighted by Crippen LogP contribution is 2.33. The molecule has 0 bridgehead atoms. The molecule has 0 saturated heterocycles. The standard InChI is InChI=1S/C14H17NO/c1-14(12-7-4-3-5-8-12)9-6-10-15(2)13(16)11-14/h3-8,10H,9,11H2,1-2H3. The quantitative estimate of drug-likeness (QED) is 0.705. The molecule has 1 aliphatic heterocycles. The molecule has 84 valence electrons. The lowest BCUT2D eigenvalue weighted by atomic mass is 9.77. The van der Waals surface area contributed by atoms with Gasteiger partial charge in [0, 0.05) is 25.1 Å². The van der Waals surface area contributed by atoms with E-state index >= 15 is 0 Å². The monoisotopic (exact) mass is 215 g/mol. The summed E-state index contributed by atoms with van der Waals surface area (Å²) in [7, 11) is 1.82. The molecule has 2 heteroatoms. The molecule has 0 saturated carbocycles. The van der Waals surface area contributed by atoms with E-state index in [2.05, 4.69) is 25.1 Å². The fourth-order valence-electron chi connectivity index (χ4n) is 2.15. The lowest BCUT2D eigenvalue weighted by molar-refractivity contribution is -0.128. The number of amides is 1. The highest BCUT2D eigenvalue weighted by molar-refractivity contribution is 5.79. The number of nitrogens with zero attached hydrogens (tertiary/aromatic N) is 1. The fraction of sp³-hybridized carbons (Fsp3) is 0.357. The summed E-state index contributed by atoms with van der Waals surface area (Å²) in [5, 5.41) is 0. The molecule has 0 N–H and O–H groups in total. The Bertz CT molecular complexity index is 410. The number of rotatable bonds is 1. The van der Waals surface area contributed by atoms with Gasteiger partial charge in [-0.05, 0) is 12.0 Å². The largest absolute Gasteiger partial charge is 0.322 e. The van der Waals surface area contributed by atoms with Gasteiger partial charge in [-0.1, -0.05) is 43.3 Å². The first-order chi connectivity index (χ1) is 7.62. The molecular weight excluding hydrogens is 198 g/mol. The van der Waals surface area contributed by atoms with Gasteiger partial charge in [0.2, 0.25) is 5.91 Å². The van der Waals surface area contributed by atoms with Crippen molar-refractivity contribution in [2.75, 3.05) is 7.05 Å². The lowest BCUT2D eigenvalue weighted by Crippen LogP contribution is -2.29. The third-order valence-electron chi connectivity index (χ3n) is 3.30. The van der Waals surface area contributed by atoms with Crippen LogP contribution < -0.4 is 0 Å². The molecule has 1 aromatic rings. The molecule has 1 aromatic carbocycles. The highest BCUT2D eigenvalue weighted by Gasteiger charge is 2.31. The minimum atomic E-state index is -0.0698. The smallest absolute Gasteiger partial charge is 0.227 e. The van der Waals surface area contributed by atoms with Crippen molar-refractivity contribution in [1.82, 2.24) is 4.90 Å². The molecule has 16 heavy (non-hydrogen) atoms. The van der Waals surface area contributed by atoms with Crippen LogP contribution in [0.4, 0.5) is 0 Å². The summed E-state index contributed by atoms with van der Waals surface area (Å²) in [5.74, 6) is 0.181. The highest BCUT2D eigenvalue weighted by atomic mass is 16.2. The fourth-order valence-corrected chi connectivity index (χ4v) is 2.15. The van der Waals surface area contributed by atoms with Crippen molar-refractivity contribution in [3.63, 3.8) is 0 Å². The topological polar surface area (TPSA) is 20.3 Å². The van der Waals surface area contributed by atoms with Gasteiger partial charge in [-0.2, -0.15) is 0 Å². The zero-order chi connectivity index (χ0) is 11.6. The van der Waals surface area contributed by atoms with E-state index in [1.165, 1.54) is 5.56 Å². The summed E-state index contributed by atoms with van der Waals surface area (Å²) < 4.78 is 0. The van der Waals surface area contributed by atoms with Gasteiger partial charge < -0.3 is 4.90 Å². The van der Waals surface area contributed by atoms with E-state index in [4.69, 9.17) is 0 Å². The molecular formula is C14H17NO. The Morgan fingerprint density at radius 2 is 1.94 bits per heavy atom. The van der Waals surface area contributed by atoms with Gasteiger partial charge in [0.1, 0.15) is 0 Å². The summed E-state index contributed by atoms with van der Waals surface area (Å²) in [5.41, 5.74) is 1.17. The van der Waals surface area contributed by atoms with Crippen LogP contribution in [0.3, 0.4) is 0 Å². The number of hydrogen-bond donors (Lipinski definition) is 0. The Kier molecular flexibility index (Phi) is 2.82. The number of allylic oxidation sites excluding steroid dienone is 1. The van der Waals surface area contributed by atoms with E-state index in [0.29, 0.717) is 6.42 Å². The van der Waals surface area contributed by atoms with Crippen molar-refractivity contribution in [2.24, 2.45) is 0 Å². The molecule has 1 amide bonds. The van der Waals surface area contributed by atoms with Crippen LogP contribution in [0.15, 0.2) is 42.6 Å². The van der Waals surface area contributed by atoms with E-state index < -0.39 is 0 Å². The van der Waals surface area contributed by atoms with Gasteiger partial charge in [0.25, 0.3) is 0 Å². The first kappa shape index (κ1) is 10.9. The normalized spacial score (nSPS) is 25.6. The van der Waals surface area contributed by atoms with Crippen molar-refractivity contribution in [2.45, 2.75) is 25.2 Å². The minimum Gasteiger partial charge on any atom is -0.322 e. The zero-order valence-electron chi connectivity index (χ0n) is 9.81. The Hall–Kier alpha value is -1.57. The Labute approximate surface area is 96.6 Å². The lowest BCUT2D eigenvalue weighted by Gasteiger charge is -2.27. The van der Waals surface area contributed by atoms with Crippen LogP contribution in [-0.4, -0.2) is 17.9 Å². The van der Waals surface area contributed by atoms with Crippen LogP contribution in [0.5, 0.6) is 0 Å². The van der Waals surface area contributed by atoms with Crippen molar-refractivity contribution in [3.05, 3.63) is 48.2 Å². The Morgan fingerprint density at radius 3 is 2.62 bits per heavy atom. The SMILES string of the molecule is CN1C=CCC(C)(c2ccccc2)CC1=O. The van der Waals surface area contributed by atoms with Crippen molar-refractivity contribution < 1.29 is 4.79 Å². The van der Waals surface area contributed by atoms with E-state index in [9.17, 15) is 4.79 Å². The van der Waals surface area contributed by atoms with Crippen LogP contribution in [-0.2, 0) is 10.2 Å². The van der Waals surface area contributed by atoms with Crippen molar-refractivity contribution in [1.29, 1.82) is 0 Å². The predicted molar refractivity (Wildman–Crippen MR) is 64.9 cm³/mol. The second-order valence-corrected chi connectivity index (χ2v) is 4.70. The first-order valence-electron chi connectivity index (χ1n) is 5.60. The molecule has 0 fully saturated rings. The van der Waals surface area contributed by atoms with Crippen molar-refractivity contribution in [3.8, 4) is 0 Å². The van der Waals surface area contributed by atoms with Crippen LogP contribution in [0.25, 0.3) is 0 Å². The Balaban J connectivity index is 2.32. The van der Waals surface area contributed by atoms with Gasteiger partial charge in [-0.15, -0.1) is 0 Å². The van der Waals surface area contributed by atoms with Crippen LogP contribution in [0.2, 0.25) is 0 Å². The summed E-state index contributed by atoms with van der Waals surface area (Å²) in [6, 6.07) is 10.3. The summed E-state index contributed by atoms with van der Waals surface area (Å²) in [6.45, 7) is 2.16. The van der Waals surface area contributed by atoms with Gasteiger partial charge in [0.15, 0.2) is 0 Å². The first-order valence-corrected chi connectivity index (χ1v) is 5.60. The van der Waals surface area contributed by atoms with E-state index in [1.807, 2.05) is 31.4 Å².